The average molecular weight is 165 g/mol. The maximum Gasteiger partial charge on any atom is 0.245 e. The van der Waals surface area contributed by atoms with Crippen molar-refractivity contribution in [1.82, 2.24) is 5.32 Å². The molecule has 72 valence electrons. The first-order valence-corrected chi connectivity index (χ1v) is 2.68. The van der Waals surface area contributed by atoms with E-state index in [1.807, 2.05) is 6.92 Å². The van der Waals surface area contributed by atoms with Crippen LogP contribution in [0.5, 0.6) is 0 Å². The van der Waals surface area contributed by atoms with Crippen molar-refractivity contribution in [3.63, 3.8) is 0 Å². The second kappa shape index (κ2) is 16.2. The van der Waals surface area contributed by atoms with Gasteiger partial charge in [-0.25, -0.2) is 0 Å². The summed E-state index contributed by atoms with van der Waals surface area (Å²) < 4.78 is 0. The summed E-state index contributed by atoms with van der Waals surface area (Å²) in [5.41, 5.74) is 0. The lowest BCUT2D eigenvalue weighted by molar-refractivity contribution is -0.123. The molecular formula is C8H23NO2. The molecule has 3 heteroatoms. The molecule has 0 saturated carbocycles. The van der Waals surface area contributed by atoms with Crippen LogP contribution < -0.4 is 5.32 Å². The van der Waals surface area contributed by atoms with Crippen LogP contribution in [0.1, 0.15) is 35.6 Å². The van der Waals surface area contributed by atoms with Crippen LogP contribution in [0.15, 0.2) is 0 Å². The highest BCUT2D eigenvalue weighted by Crippen LogP contribution is 1.68. The molecule has 0 aromatic carbocycles. The van der Waals surface area contributed by atoms with Crippen molar-refractivity contribution in [3.8, 4) is 0 Å². The minimum Gasteiger partial charge on any atom is -0.387 e. The third-order valence-corrected chi connectivity index (χ3v) is 0.716. The van der Waals surface area contributed by atoms with E-state index in [1.165, 1.54) is 0 Å². The third-order valence-electron chi connectivity index (χ3n) is 0.716. The highest BCUT2D eigenvalue weighted by atomic mass is 16.3. The second-order valence-electron chi connectivity index (χ2n) is 1.51. The largest absolute Gasteiger partial charge is 0.387 e. The van der Waals surface area contributed by atoms with Gasteiger partial charge < -0.3 is 10.4 Å². The van der Waals surface area contributed by atoms with Crippen molar-refractivity contribution in [2.45, 2.75) is 35.6 Å². The predicted octanol–water partition coefficient (Wildman–Crippen LogP) is 1.41. The van der Waals surface area contributed by atoms with Crippen LogP contribution in [0.4, 0.5) is 0 Å². The fourth-order valence-electron chi connectivity index (χ4n) is 0.320. The molecule has 0 bridgehead atoms. The number of aliphatic hydroxyl groups is 1. The number of rotatable bonds is 3. The van der Waals surface area contributed by atoms with Gasteiger partial charge in [-0.1, -0.05) is 29.2 Å². The maximum atomic E-state index is 10.2. The Hall–Kier alpha value is -0.570. The first kappa shape index (κ1) is 22.4. The minimum atomic E-state index is -0.403. The Kier molecular flexibility index (Phi) is 33.1. The molecule has 0 radical (unpaired) electrons. The SMILES string of the molecule is C.C.C.CCCNC(=O)CO. The normalized spacial score (nSPS) is 6.36. The highest BCUT2D eigenvalue weighted by Gasteiger charge is 1.91. The van der Waals surface area contributed by atoms with Gasteiger partial charge in [0.15, 0.2) is 0 Å². The van der Waals surface area contributed by atoms with E-state index in [4.69, 9.17) is 5.11 Å². The second-order valence-corrected chi connectivity index (χ2v) is 1.51. The van der Waals surface area contributed by atoms with E-state index >= 15 is 0 Å². The van der Waals surface area contributed by atoms with Gasteiger partial charge in [0.2, 0.25) is 5.91 Å². The molecular weight excluding hydrogens is 142 g/mol. The van der Waals surface area contributed by atoms with E-state index in [-0.39, 0.29) is 28.2 Å². The summed E-state index contributed by atoms with van der Waals surface area (Å²) in [5, 5.41) is 10.6. The Labute approximate surface area is 70.8 Å². The molecule has 11 heavy (non-hydrogen) atoms. The van der Waals surface area contributed by atoms with Gasteiger partial charge in [-0.05, 0) is 6.42 Å². The van der Waals surface area contributed by atoms with Gasteiger partial charge in [-0.2, -0.15) is 0 Å². The van der Waals surface area contributed by atoms with Gasteiger partial charge in [0.05, 0.1) is 0 Å². The van der Waals surface area contributed by atoms with E-state index in [9.17, 15) is 4.79 Å². The van der Waals surface area contributed by atoms with E-state index in [0.717, 1.165) is 6.42 Å². The average Bonchev–Trinajstić information content (AvgIpc) is 1.83. The summed E-state index contributed by atoms with van der Waals surface area (Å²) in [6, 6.07) is 0. The molecule has 3 nitrogen and oxygen atoms in total. The molecule has 0 fully saturated rings. The monoisotopic (exact) mass is 165 g/mol. The number of aliphatic hydroxyl groups excluding tert-OH is 1. The van der Waals surface area contributed by atoms with Crippen LogP contribution in [0.2, 0.25) is 0 Å². The van der Waals surface area contributed by atoms with Crippen molar-refractivity contribution in [3.05, 3.63) is 0 Å². The van der Waals surface area contributed by atoms with Crippen LogP contribution in [-0.2, 0) is 4.79 Å². The Morgan fingerprint density at radius 2 is 1.82 bits per heavy atom. The molecule has 0 aromatic heterocycles. The number of hydrogen-bond acceptors (Lipinski definition) is 2. The summed E-state index contributed by atoms with van der Waals surface area (Å²) in [4.78, 5) is 10.2. The third kappa shape index (κ3) is 17.7. The lowest BCUT2D eigenvalue weighted by atomic mass is 10.5. The van der Waals surface area contributed by atoms with E-state index < -0.39 is 6.61 Å². The number of hydrogen-bond donors (Lipinski definition) is 2. The van der Waals surface area contributed by atoms with Crippen molar-refractivity contribution in [2.75, 3.05) is 13.2 Å². The lowest BCUT2D eigenvalue weighted by Gasteiger charge is -1.96. The van der Waals surface area contributed by atoms with E-state index in [2.05, 4.69) is 5.32 Å². The number of carbonyl (C=O) groups is 1. The van der Waals surface area contributed by atoms with Crippen molar-refractivity contribution in [1.29, 1.82) is 0 Å². The molecule has 0 atom stereocenters. The zero-order valence-corrected chi connectivity index (χ0v) is 4.98. The van der Waals surface area contributed by atoms with E-state index in [0.29, 0.717) is 6.54 Å². The van der Waals surface area contributed by atoms with Gasteiger partial charge in [0.1, 0.15) is 6.61 Å². The molecule has 0 aliphatic carbocycles. The molecule has 0 saturated heterocycles. The van der Waals surface area contributed by atoms with Crippen LogP contribution in [-0.4, -0.2) is 24.2 Å². The molecule has 2 N–H and O–H groups in total. The quantitative estimate of drug-likeness (QED) is 0.664. The standard InChI is InChI=1S/C5H11NO2.3CH4/c1-2-3-6-5(8)4-7;;;/h7H,2-4H2,1H3,(H,6,8);3*1H4. The first-order chi connectivity index (χ1) is 3.81. The fourth-order valence-corrected chi connectivity index (χ4v) is 0.320. The van der Waals surface area contributed by atoms with Crippen LogP contribution in [0, 0.1) is 0 Å². The van der Waals surface area contributed by atoms with Crippen LogP contribution in [0.3, 0.4) is 0 Å². The minimum absolute atomic E-state index is 0. The molecule has 0 aliphatic rings. The van der Waals surface area contributed by atoms with Gasteiger partial charge >= 0.3 is 0 Å². The smallest absolute Gasteiger partial charge is 0.245 e. The van der Waals surface area contributed by atoms with Gasteiger partial charge in [0.25, 0.3) is 0 Å². The summed E-state index contributed by atoms with van der Waals surface area (Å²) in [5.74, 6) is -0.299. The zero-order valence-electron chi connectivity index (χ0n) is 4.98. The molecule has 0 heterocycles. The Balaban J connectivity index is -0.0000000817. The molecule has 0 aromatic rings. The Morgan fingerprint density at radius 1 is 1.36 bits per heavy atom. The van der Waals surface area contributed by atoms with Gasteiger partial charge in [-0.15, -0.1) is 0 Å². The highest BCUT2D eigenvalue weighted by molar-refractivity contribution is 5.76. The zero-order chi connectivity index (χ0) is 6.41. The summed E-state index contributed by atoms with van der Waals surface area (Å²) in [6.45, 7) is 2.21. The van der Waals surface area contributed by atoms with Crippen molar-refractivity contribution in [2.24, 2.45) is 0 Å². The summed E-state index contributed by atoms with van der Waals surface area (Å²) in [7, 11) is 0. The Morgan fingerprint density at radius 3 is 2.09 bits per heavy atom. The summed E-state index contributed by atoms with van der Waals surface area (Å²) in [6.07, 6.45) is 0.908. The molecule has 0 unspecified atom stereocenters. The lowest BCUT2D eigenvalue weighted by Crippen LogP contribution is -2.26. The fraction of sp³-hybridized carbons (Fsp3) is 0.875. The Bertz CT molecular complexity index is 74.5. The number of amides is 1. The van der Waals surface area contributed by atoms with Crippen molar-refractivity contribution >= 4 is 5.91 Å². The first-order valence-electron chi connectivity index (χ1n) is 2.68. The molecule has 1 amide bonds. The number of carbonyl (C=O) groups excluding carboxylic acids is 1. The van der Waals surface area contributed by atoms with Crippen molar-refractivity contribution < 1.29 is 9.90 Å². The van der Waals surface area contributed by atoms with Crippen LogP contribution in [0.25, 0.3) is 0 Å². The summed E-state index contributed by atoms with van der Waals surface area (Å²) >= 11 is 0. The van der Waals surface area contributed by atoms with Gasteiger partial charge in [0, 0.05) is 6.54 Å². The molecule has 0 rings (SSSR count). The maximum absolute atomic E-state index is 10.2. The van der Waals surface area contributed by atoms with E-state index in [1.54, 1.807) is 0 Å². The number of nitrogens with one attached hydrogen (secondary N) is 1. The topological polar surface area (TPSA) is 49.3 Å². The van der Waals surface area contributed by atoms with Gasteiger partial charge in [-0.3, -0.25) is 4.79 Å². The van der Waals surface area contributed by atoms with Crippen LogP contribution >= 0.6 is 0 Å². The molecule has 0 aliphatic heterocycles. The predicted molar refractivity (Wildman–Crippen MR) is 50.6 cm³/mol. The molecule has 0 spiro atoms.